The van der Waals surface area contributed by atoms with Gasteiger partial charge in [-0.1, -0.05) is 28.4 Å². The van der Waals surface area contributed by atoms with Crippen molar-refractivity contribution in [2.24, 2.45) is 28.8 Å². The van der Waals surface area contributed by atoms with Crippen molar-refractivity contribution in [3.63, 3.8) is 0 Å². The summed E-state index contributed by atoms with van der Waals surface area (Å²) in [5.74, 6) is -1.33. The van der Waals surface area contributed by atoms with Crippen LogP contribution >= 0.6 is 0 Å². The summed E-state index contributed by atoms with van der Waals surface area (Å²) in [6.45, 7) is 6.81. The summed E-state index contributed by atoms with van der Waals surface area (Å²) in [5, 5.41) is 26.1. The van der Waals surface area contributed by atoms with Gasteiger partial charge in [0.05, 0.1) is 36.3 Å². The quantitative estimate of drug-likeness (QED) is 0.224. The molecular weight excluding hydrogens is 500 g/mol. The molecule has 5 rings (SSSR count). The molecule has 2 aliphatic heterocycles. The zero-order valence-electron chi connectivity index (χ0n) is 22.8. The van der Waals surface area contributed by atoms with Crippen LogP contribution in [-0.2, 0) is 21.0 Å². The average Bonchev–Trinajstić information content (AvgIpc) is 3.47. The van der Waals surface area contributed by atoms with E-state index in [-0.39, 0.29) is 37.5 Å². The Morgan fingerprint density at radius 3 is 2.64 bits per heavy atom. The minimum Gasteiger partial charge on any atom is -0.454 e. The van der Waals surface area contributed by atoms with Gasteiger partial charge in [0, 0.05) is 18.3 Å². The summed E-state index contributed by atoms with van der Waals surface area (Å²) in [5.41, 5.74) is 3.93. The number of benzene rings is 1. The van der Waals surface area contributed by atoms with E-state index in [0.717, 1.165) is 18.4 Å². The van der Waals surface area contributed by atoms with Gasteiger partial charge in [-0.3, -0.25) is 14.5 Å². The molecule has 2 aliphatic carbocycles. The third kappa shape index (κ3) is 5.61. The smallest absolute Gasteiger partial charge is 0.233 e. The van der Waals surface area contributed by atoms with Gasteiger partial charge in [0.25, 0.3) is 0 Å². The second kappa shape index (κ2) is 11.5. The highest BCUT2D eigenvalue weighted by atomic mass is 16.7. The predicted molar refractivity (Wildman–Crippen MR) is 144 cm³/mol. The maximum absolute atomic E-state index is 13.6. The molecule has 1 aromatic rings. The highest BCUT2D eigenvalue weighted by Gasteiger charge is 2.59. The molecule has 1 aromatic carbocycles. The monoisotopic (exact) mass is 538 g/mol. The van der Waals surface area contributed by atoms with E-state index in [1.807, 2.05) is 12.1 Å². The lowest BCUT2D eigenvalue weighted by atomic mass is 9.60. The number of allylic oxidation sites excluding steroid dienone is 3. The van der Waals surface area contributed by atoms with Gasteiger partial charge in [0.2, 0.25) is 18.6 Å². The zero-order valence-corrected chi connectivity index (χ0v) is 22.8. The van der Waals surface area contributed by atoms with E-state index in [1.54, 1.807) is 12.1 Å². The number of ether oxygens (including phenoxy) is 2. The number of nitrogens with zero attached hydrogens (tertiary/aromatic N) is 2. The summed E-state index contributed by atoms with van der Waals surface area (Å²) in [6.07, 6.45) is 5.27. The summed E-state index contributed by atoms with van der Waals surface area (Å²) in [4.78, 5) is 33.9. The Morgan fingerprint density at radius 2 is 1.85 bits per heavy atom. The lowest BCUT2D eigenvalue weighted by Gasteiger charge is -2.45. The molecule has 2 saturated carbocycles. The molecule has 0 radical (unpaired) electrons. The number of oxime groups is 1. The normalized spacial score (nSPS) is 30.8. The van der Waals surface area contributed by atoms with E-state index in [9.17, 15) is 19.8 Å². The Kier molecular flexibility index (Phi) is 8.09. The van der Waals surface area contributed by atoms with Gasteiger partial charge >= 0.3 is 0 Å². The van der Waals surface area contributed by atoms with E-state index in [0.29, 0.717) is 36.7 Å². The van der Waals surface area contributed by atoms with Crippen LogP contribution in [0, 0.1) is 23.7 Å². The van der Waals surface area contributed by atoms with Crippen molar-refractivity contribution < 1.29 is 34.1 Å². The number of likely N-dealkylation sites (tertiary alicyclic amines) is 1. The predicted octanol–water partition coefficient (Wildman–Crippen LogP) is 3.73. The van der Waals surface area contributed by atoms with Crippen LogP contribution in [-0.4, -0.2) is 58.2 Å². The fourth-order valence-corrected chi connectivity index (χ4v) is 6.41. The summed E-state index contributed by atoms with van der Waals surface area (Å²) in [6, 6.07) is 5.38. The van der Waals surface area contributed by atoms with Gasteiger partial charge in [0.1, 0.15) is 6.61 Å². The number of fused-ring (bicyclic) bond motifs is 4. The molecule has 1 saturated heterocycles. The first kappa shape index (κ1) is 27.4. The molecule has 2 heterocycles. The van der Waals surface area contributed by atoms with Crippen molar-refractivity contribution >= 4 is 17.5 Å². The minimum atomic E-state index is -1.11. The van der Waals surface area contributed by atoms with Crippen LogP contribution in [0.15, 0.2) is 46.7 Å². The molecular formula is C30H38N2O7. The third-order valence-corrected chi connectivity index (χ3v) is 8.43. The van der Waals surface area contributed by atoms with Crippen molar-refractivity contribution in [3.8, 4) is 11.5 Å². The molecule has 210 valence electrons. The maximum Gasteiger partial charge on any atom is 0.233 e. The molecule has 6 atom stereocenters. The van der Waals surface area contributed by atoms with E-state index >= 15 is 0 Å². The van der Waals surface area contributed by atoms with Gasteiger partial charge in [0.15, 0.2) is 11.5 Å². The van der Waals surface area contributed by atoms with Crippen molar-refractivity contribution in [1.29, 1.82) is 0 Å². The first-order chi connectivity index (χ1) is 18.7. The van der Waals surface area contributed by atoms with Crippen molar-refractivity contribution in [1.82, 2.24) is 4.90 Å². The molecule has 2 amide bonds. The van der Waals surface area contributed by atoms with E-state index < -0.39 is 30.0 Å². The highest BCUT2D eigenvalue weighted by molar-refractivity contribution is 6.06. The largest absolute Gasteiger partial charge is 0.454 e. The molecule has 0 spiro atoms. The van der Waals surface area contributed by atoms with Crippen molar-refractivity contribution in [3.05, 3.63) is 47.1 Å². The number of carbonyl (C=O) groups is 2. The van der Waals surface area contributed by atoms with Crippen LogP contribution in [0.1, 0.15) is 58.4 Å². The number of hydrogen-bond donors (Lipinski definition) is 2. The first-order valence-corrected chi connectivity index (χ1v) is 13.8. The number of hydrogen-bond acceptors (Lipinski definition) is 8. The minimum absolute atomic E-state index is 0.126. The molecule has 9 nitrogen and oxygen atoms in total. The summed E-state index contributed by atoms with van der Waals surface area (Å²) in [7, 11) is 0. The lowest BCUT2D eigenvalue weighted by Crippen LogP contribution is -2.54. The topological polar surface area (TPSA) is 118 Å². The SMILES string of the molecule is CC(C)=CCCC(C)=CCON=C1C[C@@H](O)[C@@H](O)[C@@H]2[C@H]3C(=O)N(Cc4ccc5c(c4)OCO5)C(=O)[C@@H]3CC[C@H]12. The number of imide groups is 1. The molecule has 9 heteroatoms. The third-order valence-electron chi connectivity index (χ3n) is 8.43. The van der Waals surface area contributed by atoms with E-state index in [1.165, 1.54) is 16.0 Å². The van der Waals surface area contributed by atoms with Gasteiger partial charge in [-0.15, -0.1) is 0 Å². The Bertz CT molecular complexity index is 1200. The fourth-order valence-electron chi connectivity index (χ4n) is 6.41. The molecule has 39 heavy (non-hydrogen) atoms. The van der Waals surface area contributed by atoms with E-state index in [4.69, 9.17) is 14.3 Å². The first-order valence-electron chi connectivity index (χ1n) is 13.8. The average molecular weight is 539 g/mol. The molecule has 4 aliphatic rings. The van der Waals surface area contributed by atoms with Crippen molar-refractivity contribution in [2.75, 3.05) is 13.4 Å². The van der Waals surface area contributed by atoms with Gasteiger partial charge in [-0.2, -0.15) is 0 Å². The number of aliphatic hydroxyl groups is 2. The van der Waals surface area contributed by atoms with Gasteiger partial charge in [-0.25, -0.2) is 0 Å². The van der Waals surface area contributed by atoms with Crippen molar-refractivity contribution in [2.45, 2.75) is 71.6 Å². The second-order valence-electron chi connectivity index (χ2n) is 11.4. The Balaban J connectivity index is 1.28. The van der Waals surface area contributed by atoms with Crippen LogP contribution < -0.4 is 9.47 Å². The zero-order chi connectivity index (χ0) is 27.7. The number of rotatable bonds is 8. The molecule has 0 aromatic heterocycles. The van der Waals surface area contributed by atoms with Crippen LogP contribution in [0.25, 0.3) is 0 Å². The molecule has 2 N–H and O–H groups in total. The molecule has 3 fully saturated rings. The molecule has 0 bridgehead atoms. The number of carbonyl (C=O) groups excluding carboxylic acids is 2. The van der Waals surface area contributed by atoms with E-state index in [2.05, 4.69) is 32.0 Å². The summed E-state index contributed by atoms with van der Waals surface area (Å²) < 4.78 is 10.8. The van der Waals surface area contributed by atoms with Gasteiger partial charge < -0.3 is 24.5 Å². The van der Waals surface area contributed by atoms with Crippen LogP contribution in [0.2, 0.25) is 0 Å². The second-order valence-corrected chi connectivity index (χ2v) is 11.4. The van der Waals surface area contributed by atoms with Crippen LogP contribution in [0.5, 0.6) is 11.5 Å². The Labute approximate surface area is 229 Å². The van der Waals surface area contributed by atoms with Crippen LogP contribution in [0.4, 0.5) is 0 Å². The van der Waals surface area contributed by atoms with Gasteiger partial charge in [-0.05, 0) is 70.2 Å². The molecule has 0 unspecified atom stereocenters. The van der Waals surface area contributed by atoms with Crippen LogP contribution in [0.3, 0.4) is 0 Å². The fraction of sp³-hybridized carbons (Fsp3) is 0.567. The highest BCUT2D eigenvalue weighted by Crippen LogP contribution is 2.50. The standard InChI is InChI=1S/C30H38N2O7/c1-17(2)5-4-6-18(3)11-12-39-31-22-14-23(33)28(34)26-20(22)8-9-21-27(26)30(36)32(29(21)35)15-19-7-10-24-25(13-19)38-16-37-24/h5,7,10-11,13,20-21,23,26-28,33-34H,4,6,8-9,12,14-16H2,1-3H3/t20-,21-,23-,26+,27+,28-/m1/s1. The maximum atomic E-state index is 13.6. The number of amides is 2. The summed E-state index contributed by atoms with van der Waals surface area (Å²) >= 11 is 0. The Morgan fingerprint density at radius 1 is 1.08 bits per heavy atom. The lowest BCUT2D eigenvalue weighted by molar-refractivity contribution is -0.142. The Hall–Kier alpha value is -3.17. The number of aliphatic hydroxyl groups excluding tert-OH is 2.